The molecule has 0 saturated carbocycles. The van der Waals surface area contributed by atoms with Crippen LogP contribution in [0.15, 0.2) is 22.9 Å². The molecule has 48 valence electrons. The Bertz CT molecular complexity index is 199. The SMILES string of the molecule is CB(O)n1cccc1Br. The minimum Gasteiger partial charge on any atom is -0.432 e. The minimum atomic E-state index is -0.450. The number of hydrogen-bond acceptors (Lipinski definition) is 1. The van der Waals surface area contributed by atoms with Crippen molar-refractivity contribution >= 4 is 23.0 Å². The van der Waals surface area contributed by atoms with Crippen molar-refractivity contribution < 1.29 is 5.02 Å². The van der Waals surface area contributed by atoms with Gasteiger partial charge in [0.25, 0.3) is 0 Å². The fourth-order valence-electron chi connectivity index (χ4n) is 0.675. The lowest BCUT2D eigenvalue weighted by atomic mass is 9.89. The molecule has 1 N–H and O–H groups in total. The summed E-state index contributed by atoms with van der Waals surface area (Å²) in [4.78, 5) is 0. The van der Waals surface area contributed by atoms with Crippen LogP contribution in [0.1, 0.15) is 0 Å². The van der Waals surface area contributed by atoms with E-state index in [-0.39, 0.29) is 0 Å². The van der Waals surface area contributed by atoms with Gasteiger partial charge < -0.3 is 9.50 Å². The predicted octanol–water partition coefficient (Wildman–Crippen LogP) is 1.21. The van der Waals surface area contributed by atoms with E-state index in [4.69, 9.17) is 5.02 Å². The third kappa shape index (κ3) is 1.37. The van der Waals surface area contributed by atoms with Crippen molar-refractivity contribution in [2.45, 2.75) is 6.82 Å². The standard InChI is InChI=1S/C5H7BBrNO/c1-6(9)8-4-2-3-5(8)7/h2-4,9H,1H3. The quantitative estimate of drug-likeness (QED) is 0.658. The first-order valence-electron chi connectivity index (χ1n) is 2.72. The van der Waals surface area contributed by atoms with Crippen LogP contribution in [0.2, 0.25) is 6.82 Å². The molecular formula is C5H7BBrNO. The average Bonchev–Trinajstić information content (AvgIpc) is 2.13. The van der Waals surface area contributed by atoms with E-state index in [2.05, 4.69) is 15.9 Å². The van der Waals surface area contributed by atoms with Crippen LogP contribution in [0, 0.1) is 0 Å². The van der Waals surface area contributed by atoms with Gasteiger partial charge in [0.2, 0.25) is 0 Å². The van der Waals surface area contributed by atoms with Crippen LogP contribution in [0.3, 0.4) is 0 Å². The molecule has 0 atom stereocenters. The van der Waals surface area contributed by atoms with Crippen LogP contribution in [0.5, 0.6) is 0 Å². The molecule has 0 amide bonds. The molecule has 0 bridgehead atoms. The Balaban J connectivity index is 2.94. The summed E-state index contributed by atoms with van der Waals surface area (Å²) in [5, 5.41) is 9.03. The molecular weight excluding hydrogens is 181 g/mol. The van der Waals surface area contributed by atoms with Gasteiger partial charge in [-0.1, -0.05) is 0 Å². The number of nitrogens with zero attached hydrogens (tertiary/aromatic N) is 1. The Morgan fingerprint density at radius 1 is 1.78 bits per heavy atom. The maximum atomic E-state index is 9.03. The third-order valence-electron chi connectivity index (χ3n) is 1.13. The van der Waals surface area contributed by atoms with Crippen molar-refractivity contribution in [2.24, 2.45) is 0 Å². The van der Waals surface area contributed by atoms with Crippen molar-refractivity contribution in [3.63, 3.8) is 0 Å². The zero-order valence-corrected chi connectivity index (χ0v) is 6.67. The van der Waals surface area contributed by atoms with Gasteiger partial charge in [-0.25, -0.2) is 0 Å². The summed E-state index contributed by atoms with van der Waals surface area (Å²) in [6.07, 6.45) is 1.81. The first-order valence-corrected chi connectivity index (χ1v) is 3.51. The van der Waals surface area contributed by atoms with Gasteiger partial charge in [0.1, 0.15) is 0 Å². The van der Waals surface area contributed by atoms with E-state index in [9.17, 15) is 0 Å². The molecule has 0 fully saturated rings. The van der Waals surface area contributed by atoms with Gasteiger partial charge >= 0.3 is 7.05 Å². The summed E-state index contributed by atoms with van der Waals surface area (Å²) >= 11 is 3.27. The van der Waals surface area contributed by atoms with Gasteiger partial charge in [0, 0.05) is 0 Å². The van der Waals surface area contributed by atoms with E-state index in [1.54, 1.807) is 11.3 Å². The Labute approximate surface area is 62.8 Å². The van der Waals surface area contributed by atoms with E-state index >= 15 is 0 Å². The summed E-state index contributed by atoms with van der Waals surface area (Å²) < 4.78 is 2.62. The Hall–Kier alpha value is -0.215. The van der Waals surface area contributed by atoms with Gasteiger partial charge in [0.15, 0.2) is 0 Å². The topological polar surface area (TPSA) is 25.2 Å². The lowest BCUT2D eigenvalue weighted by Crippen LogP contribution is -2.18. The average molecular weight is 188 g/mol. The maximum Gasteiger partial charge on any atom is 0.414 e. The molecule has 0 saturated heterocycles. The van der Waals surface area contributed by atoms with E-state index in [0.29, 0.717) is 0 Å². The lowest BCUT2D eigenvalue weighted by Gasteiger charge is -2.01. The zero-order chi connectivity index (χ0) is 6.85. The highest BCUT2D eigenvalue weighted by molar-refractivity contribution is 9.10. The lowest BCUT2D eigenvalue weighted by molar-refractivity contribution is 0.562. The molecule has 0 radical (unpaired) electrons. The smallest absolute Gasteiger partial charge is 0.414 e. The van der Waals surface area contributed by atoms with E-state index in [0.717, 1.165) is 4.60 Å². The minimum absolute atomic E-state index is 0.450. The molecule has 9 heavy (non-hydrogen) atoms. The highest BCUT2D eigenvalue weighted by Crippen LogP contribution is 2.09. The van der Waals surface area contributed by atoms with Crippen LogP contribution in [0.25, 0.3) is 0 Å². The molecule has 0 aliphatic heterocycles. The molecule has 0 spiro atoms. The molecule has 0 aliphatic carbocycles. The highest BCUT2D eigenvalue weighted by atomic mass is 79.9. The summed E-state index contributed by atoms with van der Waals surface area (Å²) in [6, 6.07) is 3.75. The Morgan fingerprint density at radius 3 is 2.67 bits per heavy atom. The molecule has 2 nitrogen and oxygen atoms in total. The van der Waals surface area contributed by atoms with Gasteiger partial charge in [-0.3, -0.25) is 0 Å². The normalized spacial score (nSPS) is 9.67. The van der Waals surface area contributed by atoms with Crippen LogP contribution >= 0.6 is 15.9 Å². The summed E-state index contributed by atoms with van der Waals surface area (Å²) in [6.45, 7) is 1.71. The van der Waals surface area contributed by atoms with Crippen LogP contribution < -0.4 is 0 Å². The highest BCUT2D eigenvalue weighted by Gasteiger charge is 2.06. The number of rotatable bonds is 1. The van der Waals surface area contributed by atoms with Crippen molar-refractivity contribution in [3.8, 4) is 0 Å². The van der Waals surface area contributed by atoms with Crippen LogP contribution in [0.4, 0.5) is 0 Å². The molecule has 1 aromatic rings. The van der Waals surface area contributed by atoms with Crippen molar-refractivity contribution in [3.05, 3.63) is 22.9 Å². The molecule has 4 heteroatoms. The Kier molecular flexibility index (Phi) is 1.98. The zero-order valence-electron chi connectivity index (χ0n) is 5.08. The number of halogens is 1. The van der Waals surface area contributed by atoms with Gasteiger partial charge in [-0.2, -0.15) is 0 Å². The van der Waals surface area contributed by atoms with Crippen molar-refractivity contribution in [1.29, 1.82) is 0 Å². The molecule has 1 heterocycles. The Morgan fingerprint density at radius 2 is 2.44 bits per heavy atom. The fraction of sp³-hybridized carbons (Fsp3) is 0.200. The monoisotopic (exact) mass is 187 g/mol. The first kappa shape index (κ1) is 6.90. The predicted molar refractivity (Wildman–Crippen MR) is 41.4 cm³/mol. The van der Waals surface area contributed by atoms with E-state index in [1.165, 1.54) is 0 Å². The van der Waals surface area contributed by atoms with Gasteiger partial charge in [-0.15, -0.1) is 0 Å². The second kappa shape index (κ2) is 2.58. The maximum absolute atomic E-state index is 9.03. The van der Waals surface area contributed by atoms with Crippen LogP contribution in [-0.2, 0) is 0 Å². The summed E-state index contributed by atoms with van der Waals surface area (Å²) in [7, 11) is -0.450. The van der Waals surface area contributed by atoms with E-state index in [1.807, 2.05) is 18.3 Å². The molecule has 0 aliphatic rings. The molecule has 0 unspecified atom stereocenters. The molecule has 1 aromatic heterocycles. The van der Waals surface area contributed by atoms with E-state index < -0.39 is 7.05 Å². The van der Waals surface area contributed by atoms with Crippen LogP contribution in [-0.4, -0.2) is 16.6 Å². The first-order chi connectivity index (χ1) is 4.22. The van der Waals surface area contributed by atoms with Gasteiger partial charge in [-0.05, 0) is 41.1 Å². The summed E-state index contributed by atoms with van der Waals surface area (Å²) in [5.74, 6) is 0. The second-order valence-corrected chi connectivity index (χ2v) is 2.68. The molecule has 0 aromatic carbocycles. The number of hydrogen-bond donors (Lipinski definition) is 1. The molecule has 1 rings (SSSR count). The largest absolute Gasteiger partial charge is 0.432 e. The van der Waals surface area contributed by atoms with Gasteiger partial charge in [0.05, 0.1) is 4.60 Å². The fourth-order valence-corrected chi connectivity index (χ4v) is 1.24. The van der Waals surface area contributed by atoms with Crippen molar-refractivity contribution in [2.75, 3.05) is 0 Å². The third-order valence-corrected chi connectivity index (χ3v) is 1.80. The van der Waals surface area contributed by atoms with Crippen molar-refractivity contribution in [1.82, 2.24) is 4.48 Å². The summed E-state index contributed by atoms with van der Waals surface area (Å²) in [5.41, 5.74) is 0. The number of aromatic nitrogens is 1. The second-order valence-electron chi connectivity index (χ2n) is 1.87.